The van der Waals surface area contributed by atoms with E-state index in [1.165, 1.54) is 6.07 Å². The summed E-state index contributed by atoms with van der Waals surface area (Å²) in [6.45, 7) is 2.63. The molecular weight excluding hydrogens is 335 g/mol. The van der Waals surface area contributed by atoms with E-state index in [0.717, 1.165) is 12.8 Å². The van der Waals surface area contributed by atoms with Gasteiger partial charge in [-0.15, -0.1) is 0 Å². The fourth-order valence-electron chi connectivity index (χ4n) is 2.20. The first-order valence-corrected chi connectivity index (χ1v) is 8.61. The van der Waals surface area contributed by atoms with Gasteiger partial charge < -0.3 is 15.4 Å². The lowest BCUT2D eigenvalue weighted by atomic mass is 10.2. The lowest BCUT2D eigenvalue weighted by molar-refractivity contribution is -0.120. The van der Waals surface area contributed by atoms with Gasteiger partial charge in [0.2, 0.25) is 5.91 Å². The number of unbranched alkanes of at least 4 members (excludes halogenated alkanes) is 1. The van der Waals surface area contributed by atoms with Crippen LogP contribution >= 0.6 is 0 Å². The fraction of sp³-hybridized carbons (Fsp3) is 0.300. The highest BCUT2D eigenvalue weighted by Crippen LogP contribution is 2.12. The van der Waals surface area contributed by atoms with Crippen molar-refractivity contribution in [3.8, 4) is 5.75 Å². The van der Waals surface area contributed by atoms with Crippen LogP contribution in [0.4, 0.5) is 4.39 Å². The Kier molecular flexibility index (Phi) is 7.61. The van der Waals surface area contributed by atoms with Crippen molar-refractivity contribution in [3.63, 3.8) is 0 Å². The van der Waals surface area contributed by atoms with Crippen LogP contribution in [0.3, 0.4) is 0 Å². The molecule has 0 fully saturated rings. The van der Waals surface area contributed by atoms with Crippen molar-refractivity contribution in [1.29, 1.82) is 0 Å². The summed E-state index contributed by atoms with van der Waals surface area (Å²) < 4.78 is 19.0. The van der Waals surface area contributed by atoms with Crippen LogP contribution in [0.5, 0.6) is 5.75 Å². The van der Waals surface area contributed by atoms with E-state index in [-0.39, 0.29) is 30.7 Å². The summed E-state index contributed by atoms with van der Waals surface area (Å²) in [5.74, 6) is -0.414. The van der Waals surface area contributed by atoms with Gasteiger partial charge in [-0.05, 0) is 36.8 Å². The highest BCUT2D eigenvalue weighted by atomic mass is 19.1. The second-order valence-corrected chi connectivity index (χ2v) is 5.78. The average molecular weight is 358 g/mol. The molecule has 0 bridgehead atoms. The topological polar surface area (TPSA) is 67.4 Å². The molecule has 0 aliphatic rings. The second kappa shape index (κ2) is 10.2. The molecule has 0 aromatic heterocycles. The van der Waals surface area contributed by atoms with Crippen LogP contribution in [-0.4, -0.2) is 25.0 Å². The maximum atomic E-state index is 13.5. The first kappa shape index (κ1) is 19.4. The number of hydrogen-bond donors (Lipinski definition) is 2. The van der Waals surface area contributed by atoms with E-state index < -0.39 is 0 Å². The maximum absolute atomic E-state index is 13.5. The van der Waals surface area contributed by atoms with Gasteiger partial charge in [-0.3, -0.25) is 9.59 Å². The van der Waals surface area contributed by atoms with Crippen molar-refractivity contribution < 1.29 is 18.7 Å². The number of carbonyl (C=O) groups is 2. The van der Waals surface area contributed by atoms with Crippen LogP contribution in [0.1, 0.15) is 35.7 Å². The summed E-state index contributed by atoms with van der Waals surface area (Å²) in [5, 5.41) is 5.11. The Hall–Kier alpha value is -2.89. The molecule has 0 saturated heterocycles. The first-order chi connectivity index (χ1) is 12.6. The third kappa shape index (κ3) is 6.20. The molecule has 0 aliphatic carbocycles. The molecule has 0 atom stereocenters. The van der Waals surface area contributed by atoms with Crippen molar-refractivity contribution in [2.24, 2.45) is 0 Å². The molecule has 26 heavy (non-hydrogen) atoms. The zero-order valence-corrected chi connectivity index (χ0v) is 14.8. The predicted octanol–water partition coefficient (Wildman–Crippen LogP) is 3.05. The standard InChI is InChI=1S/C20H23FN2O3/c1-2-3-12-26-17-10-8-15(9-11-17)20(25)23-14-19(24)22-13-16-6-4-5-7-18(16)21/h4-11H,2-3,12-14H2,1H3,(H,22,24)(H,23,25). The molecule has 5 nitrogen and oxygen atoms in total. The smallest absolute Gasteiger partial charge is 0.251 e. The van der Waals surface area contributed by atoms with Crippen LogP contribution < -0.4 is 15.4 Å². The van der Waals surface area contributed by atoms with Crippen molar-refractivity contribution in [1.82, 2.24) is 10.6 Å². The number of amides is 2. The number of hydrogen-bond acceptors (Lipinski definition) is 3. The van der Waals surface area contributed by atoms with Gasteiger partial charge in [0.15, 0.2) is 0 Å². The van der Waals surface area contributed by atoms with Gasteiger partial charge in [-0.1, -0.05) is 31.5 Å². The third-order valence-electron chi connectivity index (χ3n) is 3.73. The Morgan fingerprint density at radius 2 is 1.77 bits per heavy atom. The summed E-state index contributed by atoms with van der Waals surface area (Å²) in [4.78, 5) is 23.9. The fourth-order valence-corrected chi connectivity index (χ4v) is 2.20. The number of ether oxygens (including phenoxy) is 1. The minimum absolute atomic E-state index is 0.0746. The Balaban J connectivity index is 1.75. The highest BCUT2D eigenvalue weighted by molar-refractivity contribution is 5.96. The average Bonchev–Trinajstić information content (AvgIpc) is 2.66. The van der Waals surface area contributed by atoms with Crippen LogP contribution in [0.25, 0.3) is 0 Å². The minimum atomic E-state index is -0.388. The van der Waals surface area contributed by atoms with Gasteiger partial charge >= 0.3 is 0 Å². The van der Waals surface area contributed by atoms with E-state index in [1.54, 1.807) is 42.5 Å². The minimum Gasteiger partial charge on any atom is -0.494 e. The van der Waals surface area contributed by atoms with Gasteiger partial charge in [0.05, 0.1) is 13.2 Å². The predicted molar refractivity (Wildman–Crippen MR) is 97.4 cm³/mol. The lowest BCUT2D eigenvalue weighted by Crippen LogP contribution is -2.36. The van der Waals surface area contributed by atoms with Crippen molar-refractivity contribution in [2.75, 3.05) is 13.2 Å². The lowest BCUT2D eigenvalue weighted by Gasteiger charge is -2.09. The van der Waals surface area contributed by atoms with Crippen LogP contribution in [-0.2, 0) is 11.3 Å². The van der Waals surface area contributed by atoms with E-state index >= 15 is 0 Å². The van der Waals surface area contributed by atoms with Crippen LogP contribution in [0.15, 0.2) is 48.5 Å². The van der Waals surface area contributed by atoms with E-state index in [9.17, 15) is 14.0 Å². The van der Waals surface area contributed by atoms with Gasteiger partial charge in [0, 0.05) is 17.7 Å². The molecule has 2 amide bonds. The molecule has 0 heterocycles. The summed E-state index contributed by atoms with van der Waals surface area (Å²) in [5.41, 5.74) is 0.834. The number of rotatable bonds is 9. The number of benzene rings is 2. The SMILES string of the molecule is CCCCOc1ccc(C(=O)NCC(=O)NCc2ccccc2F)cc1. The highest BCUT2D eigenvalue weighted by Gasteiger charge is 2.09. The molecule has 0 aliphatic heterocycles. The van der Waals surface area contributed by atoms with Gasteiger partial charge in [-0.25, -0.2) is 4.39 Å². The Bertz CT molecular complexity index is 732. The zero-order chi connectivity index (χ0) is 18.8. The molecule has 0 spiro atoms. The molecule has 138 valence electrons. The Labute approximate surface area is 152 Å². The second-order valence-electron chi connectivity index (χ2n) is 5.78. The van der Waals surface area contributed by atoms with Gasteiger partial charge in [0.1, 0.15) is 11.6 Å². The third-order valence-corrected chi connectivity index (χ3v) is 3.73. The Morgan fingerprint density at radius 3 is 2.46 bits per heavy atom. The van der Waals surface area contributed by atoms with E-state index in [1.807, 2.05) is 0 Å². The number of carbonyl (C=O) groups excluding carboxylic acids is 2. The molecule has 2 rings (SSSR count). The summed E-state index contributed by atoms with van der Waals surface area (Å²) >= 11 is 0. The molecule has 2 N–H and O–H groups in total. The summed E-state index contributed by atoms with van der Waals surface area (Å²) in [6, 6.07) is 13.0. The largest absolute Gasteiger partial charge is 0.494 e. The van der Waals surface area contributed by atoms with E-state index in [4.69, 9.17) is 4.74 Å². The number of nitrogens with one attached hydrogen (secondary N) is 2. The van der Waals surface area contributed by atoms with E-state index in [0.29, 0.717) is 23.5 Å². The quantitative estimate of drug-likeness (QED) is 0.677. The van der Waals surface area contributed by atoms with Crippen molar-refractivity contribution >= 4 is 11.8 Å². The summed E-state index contributed by atoms with van der Waals surface area (Å²) in [7, 11) is 0. The molecular formula is C20H23FN2O3. The zero-order valence-electron chi connectivity index (χ0n) is 14.8. The van der Waals surface area contributed by atoms with Gasteiger partial charge in [0.25, 0.3) is 5.91 Å². The van der Waals surface area contributed by atoms with Crippen LogP contribution in [0.2, 0.25) is 0 Å². The molecule has 0 unspecified atom stereocenters. The summed E-state index contributed by atoms with van der Waals surface area (Å²) in [6.07, 6.45) is 2.03. The monoisotopic (exact) mass is 358 g/mol. The number of halogens is 1. The van der Waals surface area contributed by atoms with Crippen molar-refractivity contribution in [2.45, 2.75) is 26.3 Å². The first-order valence-electron chi connectivity index (χ1n) is 8.61. The van der Waals surface area contributed by atoms with Gasteiger partial charge in [-0.2, -0.15) is 0 Å². The molecule has 0 radical (unpaired) electrons. The van der Waals surface area contributed by atoms with Crippen molar-refractivity contribution in [3.05, 3.63) is 65.5 Å². The normalized spacial score (nSPS) is 10.2. The maximum Gasteiger partial charge on any atom is 0.251 e. The molecule has 2 aromatic carbocycles. The molecule has 0 saturated carbocycles. The molecule has 6 heteroatoms. The Morgan fingerprint density at radius 1 is 1.04 bits per heavy atom. The molecule has 2 aromatic rings. The van der Waals surface area contributed by atoms with Crippen LogP contribution in [0, 0.1) is 5.82 Å². The van der Waals surface area contributed by atoms with E-state index in [2.05, 4.69) is 17.6 Å².